The Morgan fingerprint density at radius 1 is 1.26 bits per heavy atom. The number of carbonyl (C=O) groups is 3. The Kier molecular flexibility index (Phi) is 7.18. The van der Waals surface area contributed by atoms with Gasteiger partial charge in [-0.2, -0.15) is 0 Å². The number of nitrogens with one attached hydrogen (secondary N) is 1. The zero-order chi connectivity index (χ0) is 20.1. The van der Waals surface area contributed by atoms with Gasteiger partial charge in [0.1, 0.15) is 5.69 Å². The van der Waals surface area contributed by atoms with E-state index in [1.54, 1.807) is 39.7 Å². The maximum Gasteiger partial charge on any atom is 0.355 e. The standard InChI is InChI=1S/C20H30N2O5/c1-6-27-20(25)17-12(2)16(13(3)21-17)18(23)14(4)22(10-7-11-26-5)19(24)15-8-9-15/h14-15,21H,6-11H2,1-5H3/t14-/m1/s1. The third-order valence-electron chi connectivity index (χ3n) is 4.97. The molecule has 0 aromatic carbocycles. The van der Waals surface area contributed by atoms with Crippen molar-refractivity contribution in [3.05, 3.63) is 22.5 Å². The highest BCUT2D eigenvalue weighted by Gasteiger charge is 2.38. The molecule has 1 atom stereocenters. The first-order valence-corrected chi connectivity index (χ1v) is 9.53. The van der Waals surface area contributed by atoms with Gasteiger partial charge in [0.2, 0.25) is 5.91 Å². The number of Topliss-reactive ketones (excluding diaryl/α,β-unsaturated/α-hetero) is 1. The van der Waals surface area contributed by atoms with E-state index in [1.807, 2.05) is 0 Å². The van der Waals surface area contributed by atoms with E-state index in [1.165, 1.54) is 0 Å². The van der Waals surface area contributed by atoms with E-state index < -0.39 is 12.0 Å². The molecular formula is C20H30N2O5. The van der Waals surface area contributed by atoms with Crippen LogP contribution in [0.4, 0.5) is 0 Å². The van der Waals surface area contributed by atoms with Gasteiger partial charge in [0.05, 0.1) is 12.6 Å². The number of ether oxygens (including phenoxy) is 2. The Balaban J connectivity index is 2.25. The number of aryl methyl sites for hydroxylation is 1. The highest BCUT2D eigenvalue weighted by atomic mass is 16.5. The third-order valence-corrected chi connectivity index (χ3v) is 4.97. The number of aromatic amines is 1. The predicted octanol–water partition coefficient (Wildman–Crippen LogP) is 2.65. The molecule has 1 saturated carbocycles. The summed E-state index contributed by atoms with van der Waals surface area (Å²) >= 11 is 0. The lowest BCUT2D eigenvalue weighted by molar-refractivity contribution is -0.134. The van der Waals surface area contributed by atoms with Crippen LogP contribution in [0.1, 0.15) is 65.2 Å². The number of aromatic nitrogens is 1. The van der Waals surface area contributed by atoms with Crippen LogP contribution in [0.3, 0.4) is 0 Å². The van der Waals surface area contributed by atoms with Gasteiger partial charge in [-0.25, -0.2) is 4.79 Å². The van der Waals surface area contributed by atoms with Crippen LogP contribution in [0.15, 0.2) is 0 Å². The number of hydrogen-bond acceptors (Lipinski definition) is 5. The van der Waals surface area contributed by atoms with Crippen molar-refractivity contribution in [2.24, 2.45) is 5.92 Å². The van der Waals surface area contributed by atoms with Crippen molar-refractivity contribution in [2.75, 3.05) is 26.9 Å². The van der Waals surface area contributed by atoms with Gasteiger partial charge in [-0.15, -0.1) is 0 Å². The lowest BCUT2D eigenvalue weighted by Gasteiger charge is -2.29. The molecule has 7 heteroatoms. The van der Waals surface area contributed by atoms with Crippen molar-refractivity contribution in [3.63, 3.8) is 0 Å². The van der Waals surface area contributed by atoms with Crippen LogP contribution >= 0.6 is 0 Å². The Labute approximate surface area is 160 Å². The molecule has 7 nitrogen and oxygen atoms in total. The van der Waals surface area contributed by atoms with Crippen molar-refractivity contribution in [2.45, 2.75) is 53.0 Å². The summed E-state index contributed by atoms with van der Waals surface area (Å²) in [5.74, 6) is -0.575. The van der Waals surface area contributed by atoms with E-state index >= 15 is 0 Å². The van der Waals surface area contributed by atoms with Crippen LogP contribution in [0.25, 0.3) is 0 Å². The molecule has 2 rings (SSSR count). The molecule has 1 amide bonds. The van der Waals surface area contributed by atoms with Crippen molar-refractivity contribution >= 4 is 17.7 Å². The number of hydrogen-bond donors (Lipinski definition) is 1. The number of amides is 1. The van der Waals surface area contributed by atoms with Crippen molar-refractivity contribution in [1.82, 2.24) is 9.88 Å². The summed E-state index contributed by atoms with van der Waals surface area (Å²) in [4.78, 5) is 42.6. The second-order valence-electron chi connectivity index (χ2n) is 7.04. The summed E-state index contributed by atoms with van der Waals surface area (Å²) in [6.07, 6.45) is 2.44. The molecule has 0 bridgehead atoms. The summed E-state index contributed by atoms with van der Waals surface area (Å²) < 4.78 is 10.1. The van der Waals surface area contributed by atoms with E-state index in [0.717, 1.165) is 12.8 Å². The van der Waals surface area contributed by atoms with Crippen molar-refractivity contribution < 1.29 is 23.9 Å². The first kappa shape index (κ1) is 21.2. The molecule has 150 valence electrons. The lowest BCUT2D eigenvalue weighted by atomic mass is 9.99. The number of methoxy groups -OCH3 is 1. The Bertz CT molecular complexity index is 705. The second-order valence-corrected chi connectivity index (χ2v) is 7.04. The van der Waals surface area contributed by atoms with Crippen LogP contribution in [0.2, 0.25) is 0 Å². The van der Waals surface area contributed by atoms with Crippen LogP contribution in [0, 0.1) is 19.8 Å². The van der Waals surface area contributed by atoms with Gasteiger partial charge in [0.25, 0.3) is 0 Å². The van der Waals surface area contributed by atoms with E-state index in [-0.39, 0.29) is 24.2 Å². The number of nitrogens with zero attached hydrogens (tertiary/aromatic N) is 1. The third kappa shape index (κ3) is 4.77. The molecule has 0 radical (unpaired) electrons. The van der Waals surface area contributed by atoms with Gasteiger partial charge in [-0.05, 0) is 52.5 Å². The minimum Gasteiger partial charge on any atom is -0.461 e. The molecule has 1 aliphatic rings. The number of esters is 1. The Morgan fingerprint density at radius 3 is 2.48 bits per heavy atom. The zero-order valence-electron chi connectivity index (χ0n) is 16.9. The summed E-state index contributed by atoms with van der Waals surface area (Å²) in [6, 6.07) is -0.599. The molecule has 1 aromatic heterocycles. The summed E-state index contributed by atoms with van der Waals surface area (Å²) in [7, 11) is 1.62. The molecule has 0 spiro atoms. The fourth-order valence-corrected chi connectivity index (χ4v) is 3.32. The number of H-pyrrole nitrogens is 1. The highest BCUT2D eigenvalue weighted by molar-refractivity contribution is 6.06. The lowest BCUT2D eigenvalue weighted by Crippen LogP contribution is -2.45. The maximum absolute atomic E-state index is 13.2. The average molecular weight is 378 g/mol. The molecule has 0 aliphatic heterocycles. The van der Waals surface area contributed by atoms with Gasteiger partial charge in [-0.1, -0.05) is 0 Å². The number of carbonyl (C=O) groups excluding carboxylic acids is 3. The average Bonchev–Trinajstić information content (AvgIpc) is 3.43. The number of rotatable bonds is 10. The fraction of sp³-hybridized carbons (Fsp3) is 0.650. The summed E-state index contributed by atoms with van der Waals surface area (Å²) in [5, 5.41) is 0. The SMILES string of the molecule is CCOC(=O)c1[nH]c(C)c(C(=O)[C@@H](C)N(CCCOC)C(=O)C2CC2)c1C. The van der Waals surface area contributed by atoms with Crippen molar-refractivity contribution in [3.8, 4) is 0 Å². The Morgan fingerprint density at radius 2 is 1.93 bits per heavy atom. The quantitative estimate of drug-likeness (QED) is 0.384. The zero-order valence-corrected chi connectivity index (χ0v) is 16.9. The number of ketones is 1. The van der Waals surface area contributed by atoms with Crippen LogP contribution in [-0.2, 0) is 14.3 Å². The summed E-state index contributed by atoms with van der Waals surface area (Å²) in [5.41, 5.74) is 1.94. The van der Waals surface area contributed by atoms with Gasteiger partial charge in [0.15, 0.2) is 5.78 Å². The summed E-state index contributed by atoms with van der Waals surface area (Å²) in [6.45, 7) is 8.25. The van der Waals surface area contributed by atoms with E-state index in [2.05, 4.69) is 4.98 Å². The molecular weight excluding hydrogens is 348 g/mol. The second kappa shape index (κ2) is 9.17. The minimum atomic E-state index is -0.599. The molecule has 1 fully saturated rings. The normalized spacial score (nSPS) is 14.7. The molecule has 1 heterocycles. The predicted molar refractivity (Wildman–Crippen MR) is 101 cm³/mol. The van der Waals surface area contributed by atoms with Gasteiger partial charge >= 0.3 is 5.97 Å². The maximum atomic E-state index is 13.2. The van der Waals surface area contributed by atoms with Gasteiger partial charge in [-0.3, -0.25) is 9.59 Å². The van der Waals surface area contributed by atoms with Crippen molar-refractivity contribution in [1.29, 1.82) is 0 Å². The molecule has 27 heavy (non-hydrogen) atoms. The van der Waals surface area contributed by atoms with Gasteiger partial charge in [0, 0.05) is 37.4 Å². The van der Waals surface area contributed by atoms with Gasteiger partial charge < -0.3 is 19.4 Å². The fourth-order valence-electron chi connectivity index (χ4n) is 3.32. The van der Waals surface area contributed by atoms with Crippen LogP contribution < -0.4 is 0 Å². The van der Waals surface area contributed by atoms with E-state index in [4.69, 9.17) is 9.47 Å². The molecule has 0 saturated heterocycles. The van der Waals surface area contributed by atoms with E-state index in [9.17, 15) is 14.4 Å². The minimum absolute atomic E-state index is 0.0309. The first-order chi connectivity index (χ1) is 12.8. The molecule has 0 unspecified atom stereocenters. The molecule has 1 N–H and O–H groups in total. The first-order valence-electron chi connectivity index (χ1n) is 9.53. The Hall–Kier alpha value is -2.15. The van der Waals surface area contributed by atoms with E-state index in [0.29, 0.717) is 42.1 Å². The highest BCUT2D eigenvalue weighted by Crippen LogP contribution is 2.32. The van der Waals surface area contributed by atoms with Crippen LogP contribution in [0.5, 0.6) is 0 Å². The largest absolute Gasteiger partial charge is 0.461 e. The monoisotopic (exact) mass is 378 g/mol. The smallest absolute Gasteiger partial charge is 0.355 e. The topological polar surface area (TPSA) is 88.7 Å². The molecule has 1 aromatic rings. The van der Waals surface area contributed by atoms with Crippen LogP contribution in [-0.4, -0.2) is 60.5 Å². The molecule has 1 aliphatic carbocycles.